The summed E-state index contributed by atoms with van der Waals surface area (Å²) in [5.41, 5.74) is 2.56. The summed E-state index contributed by atoms with van der Waals surface area (Å²) in [5.74, 6) is 0.226. The van der Waals surface area contributed by atoms with E-state index in [1.807, 2.05) is 12.1 Å². The molecule has 0 saturated heterocycles. The van der Waals surface area contributed by atoms with Crippen LogP contribution < -0.4 is 5.32 Å². The number of fused-ring (bicyclic) bond motifs is 1. The molecule has 1 amide bonds. The van der Waals surface area contributed by atoms with Gasteiger partial charge in [0.2, 0.25) is 5.91 Å². The van der Waals surface area contributed by atoms with E-state index < -0.39 is 0 Å². The van der Waals surface area contributed by atoms with Gasteiger partial charge in [-0.2, -0.15) is 0 Å². The number of benzene rings is 1. The monoisotopic (exact) mass is 307 g/mol. The molecule has 0 saturated carbocycles. The van der Waals surface area contributed by atoms with Crippen LogP contribution in [0.3, 0.4) is 0 Å². The number of esters is 1. The number of hydrogen-bond acceptors (Lipinski definition) is 4. The zero-order valence-electron chi connectivity index (χ0n) is 12.3. The standard InChI is InChI=1S/C16H21NO3S/c1-2-20-16(19)11-21-10-15(18)17-14-9-5-7-12-6-3-4-8-13(12)14/h3-4,6,8,14H,2,5,7,9-11H2,1H3,(H,17,18)/t14-/m1/s1. The summed E-state index contributed by atoms with van der Waals surface area (Å²) < 4.78 is 4.83. The fraction of sp³-hybridized carbons (Fsp3) is 0.500. The zero-order valence-corrected chi connectivity index (χ0v) is 13.1. The van der Waals surface area contributed by atoms with Gasteiger partial charge in [-0.3, -0.25) is 9.59 Å². The van der Waals surface area contributed by atoms with Crippen LogP contribution in [-0.4, -0.2) is 30.0 Å². The number of thioether (sulfide) groups is 1. The second-order valence-corrected chi connectivity index (χ2v) is 5.99. The molecule has 114 valence electrons. The molecule has 4 nitrogen and oxygen atoms in total. The minimum atomic E-state index is -0.265. The SMILES string of the molecule is CCOC(=O)CSCC(=O)N[C@@H]1CCCc2ccccc21. The third-order valence-electron chi connectivity index (χ3n) is 3.46. The number of nitrogens with one attached hydrogen (secondary N) is 1. The van der Waals surface area contributed by atoms with Gasteiger partial charge in [0.25, 0.3) is 0 Å². The van der Waals surface area contributed by atoms with Gasteiger partial charge in [0.15, 0.2) is 0 Å². The van der Waals surface area contributed by atoms with Crippen molar-refractivity contribution in [2.24, 2.45) is 0 Å². The average Bonchev–Trinajstić information content (AvgIpc) is 2.48. The number of aryl methyl sites for hydroxylation is 1. The normalized spacial score (nSPS) is 16.9. The Morgan fingerprint density at radius 3 is 2.95 bits per heavy atom. The highest BCUT2D eigenvalue weighted by Crippen LogP contribution is 2.29. The highest BCUT2D eigenvalue weighted by atomic mass is 32.2. The van der Waals surface area contributed by atoms with Crippen LogP contribution in [0.15, 0.2) is 24.3 Å². The summed E-state index contributed by atoms with van der Waals surface area (Å²) in [6, 6.07) is 8.37. The lowest BCUT2D eigenvalue weighted by Crippen LogP contribution is -2.32. The molecular weight excluding hydrogens is 286 g/mol. The summed E-state index contributed by atoms with van der Waals surface area (Å²) in [7, 11) is 0. The van der Waals surface area contributed by atoms with Crippen molar-refractivity contribution in [2.45, 2.75) is 32.2 Å². The van der Waals surface area contributed by atoms with E-state index in [2.05, 4.69) is 17.4 Å². The summed E-state index contributed by atoms with van der Waals surface area (Å²) in [5, 5.41) is 3.07. The Morgan fingerprint density at radius 2 is 2.14 bits per heavy atom. The Labute approximate surface area is 129 Å². The molecule has 1 aliphatic rings. The van der Waals surface area contributed by atoms with Gasteiger partial charge >= 0.3 is 5.97 Å². The Bertz CT molecular complexity index is 504. The molecule has 0 unspecified atom stereocenters. The van der Waals surface area contributed by atoms with Crippen molar-refractivity contribution >= 4 is 23.6 Å². The van der Waals surface area contributed by atoms with Gasteiger partial charge in [0.05, 0.1) is 24.2 Å². The van der Waals surface area contributed by atoms with Crippen LogP contribution in [0.1, 0.15) is 36.9 Å². The predicted molar refractivity (Wildman–Crippen MR) is 84.2 cm³/mol. The molecule has 0 spiro atoms. The topological polar surface area (TPSA) is 55.4 Å². The molecule has 2 rings (SSSR count). The molecule has 0 aliphatic heterocycles. The van der Waals surface area contributed by atoms with E-state index in [-0.39, 0.29) is 29.4 Å². The predicted octanol–water partition coefficient (Wildman–Crippen LogP) is 2.48. The second-order valence-electron chi connectivity index (χ2n) is 5.01. The van der Waals surface area contributed by atoms with Crippen molar-refractivity contribution in [2.75, 3.05) is 18.1 Å². The lowest BCUT2D eigenvalue weighted by atomic mass is 9.88. The van der Waals surface area contributed by atoms with Crippen molar-refractivity contribution in [3.8, 4) is 0 Å². The van der Waals surface area contributed by atoms with Crippen molar-refractivity contribution in [1.29, 1.82) is 0 Å². The first kappa shape index (κ1) is 15.9. The van der Waals surface area contributed by atoms with Crippen LogP contribution in [0.4, 0.5) is 0 Å². The number of hydrogen-bond donors (Lipinski definition) is 1. The summed E-state index contributed by atoms with van der Waals surface area (Å²) >= 11 is 1.29. The van der Waals surface area contributed by atoms with E-state index in [1.54, 1.807) is 6.92 Å². The number of amides is 1. The van der Waals surface area contributed by atoms with Gasteiger partial charge in [-0.25, -0.2) is 0 Å². The Balaban J connectivity index is 1.80. The molecule has 1 aliphatic carbocycles. The Morgan fingerprint density at radius 1 is 1.33 bits per heavy atom. The molecule has 0 fully saturated rings. The van der Waals surface area contributed by atoms with Crippen molar-refractivity contribution in [1.82, 2.24) is 5.32 Å². The van der Waals surface area contributed by atoms with Crippen LogP contribution in [-0.2, 0) is 20.7 Å². The van der Waals surface area contributed by atoms with Crippen LogP contribution in [0.25, 0.3) is 0 Å². The average molecular weight is 307 g/mol. The van der Waals surface area contributed by atoms with Gasteiger partial charge in [0, 0.05) is 0 Å². The fourth-order valence-corrected chi connectivity index (χ4v) is 3.19. The minimum Gasteiger partial charge on any atom is -0.465 e. The van der Waals surface area contributed by atoms with Gasteiger partial charge < -0.3 is 10.1 Å². The van der Waals surface area contributed by atoms with E-state index in [1.165, 1.54) is 22.9 Å². The maximum Gasteiger partial charge on any atom is 0.315 e. The van der Waals surface area contributed by atoms with Crippen LogP contribution in [0.2, 0.25) is 0 Å². The highest BCUT2D eigenvalue weighted by molar-refractivity contribution is 8.00. The molecule has 1 aromatic rings. The first-order chi connectivity index (χ1) is 10.2. The van der Waals surface area contributed by atoms with E-state index in [9.17, 15) is 9.59 Å². The molecule has 0 heterocycles. The van der Waals surface area contributed by atoms with E-state index >= 15 is 0 Å². The molecule has 0 bridgehead atoms. The minimum absolute atomic E-state index is 0.0222. The number of rotatable bonds is 6. The highest BCUT2D eigenvalue weighted by Gasteiger charge is 2.21. The summed E-state index contributed by atoms with van der Waals surface area (Å²) in [6.45, 7) is 2.15. The van der Waals surface area contributed by atoms with Crippen molar-refractivity contribution in [3.05, 3.63) is 35.4 Å². The number of carbonyl (C=O) groups is 2. The van der Waals surface area contributed by atoms with Gasteiger partial charge in [-0.15, -0.1) is 11.8 Å². The smallest absolute Gasteiger partial charge is 0.315 e. The lowest BCUT2D eigenvalue weighted by molar-refractivity contribution is -0.139. The Kier molecular flexibility index (Phi) is 6.11. The van der Waals surface area contributed by atoms with E-state index in [4.69, 9.17) is 4.74 Å². The summed E-state index contributed by atoms with van der Waals surface area (Å²) in [6.07, 6.45) is 3.16. The fourth-order valence-electron chi connectivity index (χ4n) is 2.57. The maximum absolute atomic E-state index is 12.0. The number of carbonyl (C=O) groups excluding carboxylic acids is 2. The molecule has 1 N–H and O–H groups in total. The number of ether oxygens (including phenoxy) is 1. The third-order valence-corrected chi connectivity index (χ3v) is 4.37. The maximum atomic E-state index is 12.0. The van der Waals surface area contributed by atoms with Gasteiger partial charge in [-0.1, -0.05) is 24.3 Å². The van der Waals surface area contributed by atoms with Gasteiger partial charge in [0.1, 0.15) is 0 Å². The molecule has 21 heavy (non-hydrogen) atoms. The van der Waals surface area contributed by atoms with Crippen LogP contribution in [0, 0.1) is 0 Å². The second kappa shape index (κ2) is 8.08. The largest absolute Gasteiger partial charge is 0.465 e. The molecule has 0 radical (unpaired) electrons. The molecule has 1 atom stereocenters. The van der Waals surface area contributed by atoms with Crippen molar-refractivity contribution < 1.29 is 14.3 Å². The summed E-state index contributed by atoms with van der Waals surface area (Å²) in [4.78, 5) is 23.2. The Hall–Kier alpha value is -1.49. The van der Waals surface area contributed by atoms with Crippen LogP contribution in [0.5, 0.6) is 0 Å². The lowest BCUT2D eigenvalue weighted by Gasteiger charge is -2.26. The first-order valence-corrected chi connectivity index (χ1v) is 8.46. The zero-order chi connectivity index (χ0) is 15.1. The third kappa shape index (κ3) is 4.77. The molecule has 5 heteroatoms. The molecule has 0 aromatic heterocycles. The van der Waals surface area contributed by atoms with Crippen molar-refractivity contribution in [3.63, 3.8) is 0 Å². The van der Waals surface area contributed by atoms with E-state index in [0.717, 1.165) is 19.3 Å². The molecule has 1 aromatic carbocycles. The van der Waals surface area contributed by atoms with E-state index in [0.29, 0.717) is 6.61 Å². The molecular formula is C16H21NO3S. The van der Waals surface area contributed by atoms with Gasteiger partial charge in [-0.05, 0) is 37.3 Å². The quantitative estimate of drug-likeness (QED) is 0.820. The van der Waals surface area contributed by atoms with Crippen LogP contribution >= 0.6 is 11.8 Å². The first-order valence-electron chi connectivity index (χ1n) is 7.31.